The van der Waals surface area contributed by atoms with Crippen LogP contribution >= 0.6 is 0 Å². The minimum Gasteiger partial charge on any atom is -0.381 e. The molecule has 0 aliphatic carbocycles. The smallest absolute Gasteiger partial charge is 0.272 e. The summed E-state index contributed by atoms with van der Waals surface area (Å²) in [7, 11) is 0. The molecule has 1 amide bonds. The quantitative estimate of drug-likeness (QED) is 0.794. The van der Waals surface area contributed by atoms with Crippen molar-refractivity contribution in [1.82, 2.24) is 29.7 Å². The molecule has 3 heterocycles. The van der Waals surface area contributed by atoms with E-state index >= 15 is 0 Å². The molecule has 0 N–H and O–H groups in total. The Bertz CT molecular complexity index is 750. The molecule has 0 spiro atoms. The van der Waals surface area contributed by atoms with E-state index in [-0.39, 0.29) is 11.8 Å². The predicted molar refractivity (Wildman–Crippen MR) is 92.3 cm³/mol. The van der Waals surface area contributed by atoms with Crippen LogP contribution in [0.2, 0.25) is 0 Å². The second-order valence-electron chi connectivity index (χ2n) is 6.27. The first-order valence-electron chi connectivity index (χ1n) is 8.92. The lowest BCUT2D eigenvalue weighted by Gasteiger charge is -2.32. The molecule has 0 radical (unpaired) electrons. The Kier molecular flexibility index (Phi) is 5.17. The van der Waals surface area contributed by atoms with E-state index in [0.29, 0.717) is 38.5 Å². The van der Waals surface area contributed by atoms with E-state index in [1.165, 1.54) is 0 Å². The number of carbonyl (C=O) groups is 1. The Hall–Kier alpha value is -2.22. The normalized spacial score (nSPS) is 17.0. The van der Waals surface area contributed by atoms with Gasteiger partial charge in [0.25, 0.3) is 5.91 Å². The van der Waals surface area contributed by atoms with Crippen LogP contribution in [0.15, 0.2) is 6.07 Å². The molecule has 0 saturated carbocycles. The van der Waals surface area contributed by atoms with Crippen LogP contribution < -0.4 is 0 Å². The number of carbonyl (C=O) groups excluding carboxylic acids is 1. The van der Waals surface area contributed by atoms with Crippen molar-refractivity contribution < 1.29 is 9.53 Å². The van der Waals surface area contributed by atoms with Crippen LogP contribution in [0, 0.1) is 6.92 Å². The first kappa shape index (κ1) is 17.6. The minimum absolute atomic E-state index is 0.0133. The molecule has 1 aliphatic rings. The summed E-state index contributed by atoms with van der Waals surface area (Å²) < 4.78 is 9.33. The number of aromatic nitrogens is 5. The van der Waals surface area contributed by atoms with Gasteiger partial charge in [0.2, 0.25) is 0 Å². The van der Waals surface area contributed by atoms with Gasteiger partial charge >= 0.3 is 0 Å². The van der Waals surface area contributed by atoms with Crippen LogP contribution in [0.25, 0.3) is 0 Å². The highest BCUT2D eigenvalue weighted by molar-refractivity contribution is 5.92. The fraction of sp³-hybridized carbons (Fsp3) is 0.647. The van der Waals surface area contributed by atoms with Crippen molar-refractivity contribution in [2.45, 2.75) is 53.2 Å². The summed E-state index contributed by atoms with van der Waals surface area (Å²) in [6.45, 7) is 11.6. The Balaban J connectivity index is 1.89. The molecule has 136 valence electrons. The van der Waals surface area contributed by atoms with Gasteiger partial charge in [-0.05, 0) is 33.8 Å². The molecular weight excluding hydrogens is 320 g/mol. The van der Waals surface area contributed by atoms with Gasteiger partial charge in [-0.2, -0.15) is 5.10 Å². The predicted octanol–water partition coefficient (Wildman–Crippen LogP) is 1.60. The van der Waals surface area contributed by atoms with E-state index < -0.39 is 0 Å². The van der Waals surface area contributed by atoms with Crippen LogP contribution in [0.4, 0.5) is 0 Å². The van der Waals surface area contributed by atoms with Crippen molar-refractivity contribution in [2.24, 2.45) is 0 Å². The summed E-state index contributed by atoms with van der Waals surface area (Å²) in [6, 6.07) is 1.85. The monoisotopic (exact) mass is 346 g/mol. The summed E-state index contributed by atoms with van der Waals surface area (Å²) in [5.41, 5.74) is 3.44. The van der Waals surface area contributed by atoms with Gasteiger partial charge in [0, 0.05) is 32.2 Å². The van der Waals surface area contributed by atoms with Crippen LogP contribution in [-0.4, -0.2) is 55.3 Å². The highest BCUT2D eigenvalue weighted by atomic mass is 16.5. The Labute approximate surface area is 147 Å². The molecule has 1 aliphatic heterocycles. The lowest BCUT2D eigenvalue weighted by atomic mass is 9.98. The number of hydrogen-bond donors (Lipinski definition) is 0. The molecule has 0 fully saturated rings. The maximum Gasteiger partial charge on any atom is 0.272 e. The van der Waals surface area contributed by atoms with Crippen molar-refractivity contribution in [3.05, 3.63) is 28.8 Å². The Morgan fingerprint density at radius 2 is 2.04 bits per heavy atom. The molecule has 2 aromatic heterocycles. The van der Waals surface area contributed by atoms with Gasteiger partial charge in [0.05, 0.1) is 24.5 Å². The number of hydrogen-bond acceptors (Lipinski definition) is 5. The van der Waals surface area contributed by atoms with Crippen molar-refractivity contribution in [1.29, 1.82) is 0 Å². The molecule has 25 heavy (non-hydrogen) atoms. The molecule has 0 bridgehead atoms. The number of amides is 1. The topological polar surface area (TPSA) is 78.1 Å². The van der Waals surface area contributed by atoms with Crippen LogP contribution in [0.3, 0.4) is 0 Å². The lowest BCUT2D eigenvalue weighted by molar-refractivity contribution is 0.0633. The summed E-state index contributed by atoms with van der Waals surface area (Å²) in [6.07, 6.45) is 0. The standard InChI is InChI=1S/C17H26N6O2/c1-5-22-15(8-12(4)19-22)17(24)21-9-13(11-25-7-3)16-14(10-21)18-20-23(16)6-2/h8,13H,5-7,9-11H2,1-4H3/t13-/m0/s1. The zero-order valence-corrected chi connectivity index (χ0v) is 15.4. The highest BCUT2D eigenvalue weighted by Crippen LogP contribution is 2.28. The van der Waals surface area contributed by atoms with Gasteiger partial charge in [-0.25, -0.2) is 4.68 Å². The molecule has 3 rings (SSSR count). The molecule has 0 saturated heterocycles. The number of aryl methyl sites for hydroxylation is 3. The summed E-state index contributed by atoms with van der Waals surface area (Å²) >= 11 is 0. The third-order valence-electron chi connectivity index (χ3n) is 4.55. The third-order valence-corrected chi connectivity index (χ3v) is 4.55. The fourth-order valence-corrected chi connectivity index (χ4v) is 3.41. The van der Waals surface area contributed by atoms with Gasteiger partial charge < -0.3 is 9.64 Å². The number of rotatable bonds is 6. The van der Waals surface area contributed by atoms with E-state index in [9.17, 15) is 4.79 Å². The molecule has 1 atom stereocenters. The second kappa shape index (κ2) is 7.35. The zero-order chi connectivity index (χ0) is 18.0. The van der Waals surface area contributed by atoms with Crippen LogP contribution in [0.5, 0.6) is 0 Å². The van der Waals surface area contributed by atoms with Gasteiger partial charge in [-0.3, -0.25) is 9.48 Å². The van der Waals surface area contributed by atoms with E-state index in [1.54, 1.807) is 4.68 Å². The number of fused-ring (bicyclic) bond motifs is 1. The maximum absolute atomic E-state index is 13.1. The summed E-state index contributed by atoms with van der Waals surface area (Å²) in [4.78, 5) is 14.9. The third kappa shape index (κ3) is 3.30. The zero-order valence-electron chi connectivity index (χ0n) is 15.4. The van der Waals surface area contributed by atoms with Crippen molar-refractivity contribution in [3.8, 4) is 0 Å². The first-order valence-corrected chi connectivity index (χ1v) is 8.92. The minimum atomic E-state index is -0.0133. The Morgan fingerprint density at radius 1 is 1.28 bits per heavy atom. The van der Waals surface area contributed by atoms with E-state index in [0.717, 1.165) is 23.6 Å². The summed E-state index contributed by atoms with van der Waals surface area (Å²) in [5, 5.41) is 12.9. The summed E-state index contributed by atoms with van der Waals surface area (Å²) in [5.74, 6) is 0.0716. The van der Waals surface area contributed by atoms with Crippen LogP contribution in [-0.2, 0) is 24.4 Å². The molecule has 8 nitrogen and oxygen atoms in total. The van der Waals surface area contributed by atoms with Crippen molar-refractivity contribution >= 4 is 5.91 Å². The fourth-order valence-electron chi connectivity index (χ4n) is 3.41. The van der Waals surface area contributed by atoms with Gasteiger partial charge in [-0.1, -0.05) is 5.21 Å². The van der Waals surface area contributed by atoms with E-state index in [2.05, 4.69) is 15.4 Å². The van der Waals surface area contributed by atoms with Gasteiger partial charge in [0.1, 0.15) is 11.4 Å². The average molecular weight is 346 g/mol. The number of nitrogens with zero attached hydrogens (tertiary/aromatic N) is 6. The molecule has 8 heteroatoms. The van der Waals surface area contributed by atoms with Gasteiger partial charge in [-0.15, -0.1) is 5.10 Å². The molecular formula is C17H26N6O2. The lowest BCUT2D eigenvalue weighted by Crippen LogP contribution is -2.41. The van der Waals surface area contributed by atoms with E-state index in [1.807, 2.05) is 43.3 Å². The average Bonchev–Trinajstić information content (AvgIpc) is 3.21. The largest absolute Gasteiger partial charge is 0.381 e. The molecule has 2 aromatic rings. The van der Waals surface area contributed by atoms with Crippen LogP contribution in [0.1, 0.15) is 54.3 Å². The Morgan fingerprint density at radius 3 is 2.72 bits per heavy atom. The SMILES string of the molecule is CCOC[C@@H]1CN(C(=O)c2cc(C)nn2CC)Cc2nnn(CC)c21. The maximum atomic E-state index is 13.1. The highest BCUT2D eigenvalue weighted by Gasteiger charge is 2.34. The van der Waals surface area contributed by atoms with Crippen molar-refractivity contribution in [3.63, 3.8) is 0 Å². The first-order chi connectivity index (χ1) is 12.1. The molecule has 0 unspecified atom stereocenters. The second-order valence-corrected chi connectivity index (χ2v) is 6.27. The number of ether oxygens (including phenoxy) is 1. The molecule has 0 aromatic carbocycles. The van der Waals surface area contributed by atoms with E-state index in [4.69, 9.17) is 4.74 Å². The van der Waals surface area contributed by atoms with Gasteiger partial charge in [0.15, 0.2) is 0 Å². The van der Waals surface area contributed by atoms with Crippen molar-refractivity contribution in [2.75, 3.05) is 19.8 Å².